The molecule has 8 heteroatoms. The molecule has 0 spiro atoms. The van der Waals surface area contributed by atoms with E-state index in [0.29, 0.717) is 5.13 Å². The van der Waals surface area contributed by atoms with Crippen molar-refractivity contribution in [2.45, 2.75) is 6.92 Å². The molecule has 1 aromatic carbocycles. The van der Waals surface area contributed by atoms with E-state index in [-0.39, 0.29) is 23.7 Å². The normalized spacial score (nSPS) is 10.7. The summed E-state index contributed by atoms with van der Waals surface area (Å²) in [7, 11) is 3.40. The average molecular weight is 359 g/mol. The number of aromatic nitrogens is 2. The van der Waals surface area contributed by atoms with Crippen LogP contribution in [0.2, 0.25) is 0 Å². The smallest absolute Gasteiger partial charge is 0.264 e. The summed E-state index contributed by atoms with van der Waals surface area (Å²) >= 11 is 1.34. The van der Waals surface area contributed by atoms with Crippen LogP contribution in [-0.2, 0) is 11.8 Å². The number of carbonyl (C=O) groups is 1. The number of carbonyl (C=O) groups excluding carboxylic acids is 1. The lowest BCUT2D eigenvalue weighted by molar-refractivity contribution is -0.118. The van der Waals surface area contributed by atoms with Gasteiger partial charge in [0.2, 0.25) is 5.43 Å². The Bertz CT molecular complexity index is 993. The van der Waals surface area contributed by atoms with E-state index in [9.17, 15) is 9.59 Å². The summed E-state index contributed by atoms with van der Waals surface area (Å²) in [5.41, 5.74) is 1.33. The van der Waals surface area contributed by atoms with Gasteiger partial charge in [0.25, 0.3) is 5.91 Å². The summed E-state index contributed by atoms with van der Waals surface area (Å²) in [5.74, 6) is 0.485. The lowest BCUT2D eigenvalue weighted by Gasteiger charge is -2.08. The molecule has 3 rings (SSSR count). The molecule has 2 heterocycles. The number of hydrogen-bond acceptors (Lipinski definition) is 6. The van der Waals surface area contributed by atoms with Crippen LogP contribution < -0.4 is 20.2 Å². The van der Waals surface area contributed by atoms with Gasteiger partial charge >= 0.3 is 0 Å². The number of benzene rings is 1. The molecule has 2 aromatic heterocycles. The van der Waals surface area contributed by atoms with Crippen molar-refractivity contribution in [3.05, 3.63) is 46.4 Å². The molecule has 1 amide bonds. The second kappa shape index (κ2) is 6.94. The number of thiazole rings is 1. The predicted molar refractivity (Wildman–Crippen MR) is 96.7 cm³/mol. The minimum atomic E-state index is -0.381. The van der Waals surface area contributed by atoms with Crippen molar-refractivity contribution >= 4 is 32.6 Å². The third-order valence-electron chi connectivity index (χ3n) is 3.65. The Kier molecular flexibility index (Phi) is 4.71. The van der Waals surface area contributed by atoms with Gasteiger partial charge in [-0.2, -0.15) is 0 Å². The Labute approximate surface area is 147 Å². The van der Waals surface area contributed by atoms with Crippen LogP contribution >= 0.6 is 11.3 Å². The molecule has 130 valence electrons. The molecule has 0 bridgehead atoms. The number of anilines is 1. The first-order chi connectivity index (χ1) is 12.0. The number of amides is 1. The van der Waals surface area contributed by atoms with Crippen LogP contribution in [0.3, 0.4) is 0 Å². The highest BCUT2D eigenvalue weighted by Crippen LogP contribution is 2.29. The number of fused-ring (bicyclic) bond motifs is 1. The Morgan fingerprint density at radius 2 is 2.16 bits per heavy atom. The second-order valence-electron chi connectivity index (χ2n) is 5.44. The molecule has 0 aliphatic heterocycles. The molecule has 0 unspecified atom stereocenters. The first kappa shape index (κ1) is 17.0. The molecule has 1 N–H and O–H groups in total. The molecular formula is C17H17N3O4S. The molecule has 3 aromatic rings. The largest absolute Gasteiger partial charge is 0.497 e. The maximum Gasteiger partial charge on any atom is 0.264 e. The third-order valence-corrected chi connectivity index (χ3v) is 4.58. The van der Waals surface area contributed by atoms with Crippen LogP contribution in [0.5, 0.6) is 11.5 Å². The van der Waals surface area contributed by atoms with Crippen LogP contribution in [0.1, 0.15) is 5.69 Å². The van der Waals surface area contributed by atoms with Crippen LogP contribution in [0.4, 0.5) is 5.13 Å². The first-order valence-corrected chi connectivity index (χ1v) is 8.32. The predicted octanol–water partition coefficient (Wildman–Crippen LogP) is 2.33. The number of nitrogens with one attached hydrogen (secondary N) is 1. The van der Waals surface area contributed by atoms with Crippen molar-refractivity contribution in [2.24, 2.45) is 7.05 Å². The summed E-state index contributed by atoms with van der Waals surface area (Å²) in [5, 5.41) is 3.14. The molecule has 0 saturated heterocycles. The van der Waals surface area contributed by atoms with Crippen LogP contribution in [-0.4, -0.2) is 29.2 Å². The summed E-state index contributed by atoms with van der Waals surface area (Å²) < 4.78 is 13.2. The van der Waals surface area contributed by atoms with E-state index in [1.807, 2.05) is 25.1 Å². The highest BCUT2D eigenvalue weighted by Gasteiger charge is 2.11. The second-order valence-corrected chi connectivity index (χ2v) is 6.47. The molecule has 0 atom stereocenters. The minimum absolute atomic E-state index is 0.136. The number of nitrogens with zero attached hydrogens (tertiary/aromatic N) is 2. The number of ether oxygens (including phenoxy) is 2. The van der Waals surface area contributed by atoms with E-state index in [2.05, 4.69) is 10.3 Å². The van der Waals surface area contributed by atoms with Gasteiger partial charge in [0.1, 0.15) is 5.75 Å². The van der Waals surface area contributed by atoms with Crippen LogP contribution in [0, 0.1) is 6.92 Å². The monoisotopic (exact) mass is 359 g/mol. The summed E-state index contributed by atoms with van der Waals surface area (Å²) in [6.45, 7) is 1.55. The van der Waals surface area contributed by atoms with Crippen LogP contribution in [0.15, 0.2) is 35.3 Å². The Morgan fingerprint density at radius 1 is 1.36 bits per heavy atom. The van der Waals surface area contributed by atoms with E-state index < -0.39 is 0 Å². The molecule has 25 heavy (non-hydrogen) atoms. The summed E-state index contributed by atoms with van der Waals surface area (Å²) in [6, 6.07) is 6.96. The maximum atomic E-state index is 12.0. The molecular weight excluding hydrogens is 342 g/mol. The van der Waals surface area contributed by atoms with Gasteiger partial charge in [0.05, 0.1) is 17.3 Å². The van der Waals surface area contributed by atoms with Crippen LogP contribution in [0.25, 0.3) is 10.2 Å². The van der Waals surface area contributed by atoms with Gasteiger partial charge in [-0.15, -0.1) is 0 Å². The zero-order valence-corrected chi connectivity index (χ0v) is 14.8. The van der Waals surface area contributed by atoms with Crippen molar-refractivity contribution in [1.29, 1.82) is 0 Å². The zero-order valence-electron chi connectivity index (χ0n) is 14.0. The van der Waals surface area contributed by atoms with Gasteiger partial charge in [-0.25, -0.2) is 4.98 Å². The number of rotatable bonds is 5. The van der Waals surface area contributed by atoms with Crippen molar-refractivity contribution in [1.82, 2.24) is 9.55 Å². The Hall–Kier alpha value is -2.87. The van der Waals surface area contributed by atoms with Gasteiger partial charge in [-0.1, -0.05) is 11.3 Å². The summed E-state index contributed by atoms with van der Waals surface area (Å²) in [4.78, 5) is 28.2. The van der Waals surface area contributed by atoms with Crippen molar-refractivity contribution < 1.29 is 14.3 Å². The van der Waals surface area contributed by atoms with E-state index >= 15 is 0 Å². The minimum Gasteiger partial charge on any atom is -0.497 e. The van der Waals surface area contributed by atoms with Crippen molar-refractivity contribution in [3.63, 3.8) is 0 Å². The molecule has 7 nitrogen and oxygen atoms in total. The fraction of sp³-hybridized carbons (Fsp3) is 0.235. The topological polar surface area (TPSA) is 82.4 Å². The zero-order chi connectivity index (χ0) is 18.0. The number of methoxy groups -OCH3 is 1. The fourth-order valence-electron chi connectivity index (χ4n) is 2.20. The summed E-state index contributed by atoms with van der Waals surface area (Å²) in [6.07, 6.45) is 1.56. The van der Waals surface area contributed by atoms with E-state index in [0.717, 1.165) is 21.7 Å². The average Bonchev–Trinajstić information content (AvgIpc) is 2.97. The molecule has 0 aliphatic rings. The van der Waals surface area contributed by atoms with Gasteiger partial charge in [0, 0.05) is 25.0 Å². The highest BCUT2D eigenvalue weighted by atomic mass is 32.1. The van der Waals surface area contributed by atoms with E-state index in [4.69, 9.17) is 9.47 Å². The van der Waals surface area contributed by atoms with Gasteiger partial charge in [-0.05, 0) is 25.1 Å². The molecule has 0 fully saturated rings. The van der Waals surface area contributed by atoms with E-state index in [1.165, 1.54) is 17.4 Å². The number of hydrogen-bond donors (Lipinski definition) is 1. The molecule has 0 aliphatic carbocycles. The number of pyridine rings is 1. The first-order valence-electron chi connectivity index (χ1n) is 7.51. The standard InChI is InChI=1S/C17H17N3O4S/c1-10-6-13(21)14(8-20(10)2)24-9-16(22)19-17-18-12-5-4-11(23-3)7-15(12)25-17/h4-8H,9H2,1-3H3,(H,18,19,22). The highest BCUT2D eigenvalue weighted by molar-refractivity contribution is 7.22. The van der Waals surface area contributed by atoms with Gasteiger partial charge in [0.15, 0.2) is 17.5 Å². The lowest BCUT2D eigenvalue weighted by atomic mass is 10.3. The Balaban J connectivity index is 1.67. The van der Waals surface area contributed by atoms with Gasteiger partial charge in [-0.3, -0.25) is 14.9 Å². The fourth-order valence-corrected chi connectivity index (χ4v) is 3.11. The van der Waals surface area contributed by atoms with Gasteiger partial charge < -0.3 is 14.0 Å². The lowest BCUT2D eigenvalue weighted by Crippen LogP contribution is -2.22. The third kappa shape index (κ3) is 3.80. The van der Waals surface area contributed by atoms with Crippen molar-refractivity contribution in [2.75, 3.05) is 19.0 Å². The molecule has 0 radical (unpaired) electrons. The SMILES string of the molecule is COc1ccc2nc(NC(=O)COc3cn(C)c(C)cc3=O)sc2c1. The maximum absolute atomic E-state index is 12.0. The van der Waals surface area contributed by atoms with E-state index in [1.54, 1.807) is 24.9 Å². The number of aryl methyl sites for hydroxylation is 2. The Morgan fingerprint density at radius 3 is 2.92 bits per heavy atom. The molecule has 0 saturated carbocycles. The van der Waals surface area contributed by atoms with Crippen molar-refractivity contribution in [3.8, 4) is 11.5 Å². The quantitative estimate of drug-likeness (QED) is 0.756.